The van der Waals surface area contributed by atoms with Crippen LogP contribution in [-0.2, 0) is 0 Å². The van der Waals surface area contributed by atoms with Crippen LogP contribution in [0.5, 0.6) is 0 Å². The SMILES string of the molecule is O=c1c2cccc3c4ccccc4n(c4cccc5c6ccccc6n1c54)c23. The first-order valence-corrected chi connectivity index (χ1v) is 9.44. The van der Waals surface area contributed by atoms with Crippen molar-refractivity contribution in [3.8, 4) is 0 Å². The summed E-state index contributed by atoms with van der Waals surface area (Å²) in [5, 5.41) is 5.26. The molecule has 0 spiro atoms. The van der Waals surface area contributed by atoms with Gasteiger partial charge in [0.1, 0.15) is 0 Å². The molecule has 0 saturated carbocycles. The van der Waals surface area contributed by atoms with Gasteiger partial charge in [-0.2, -0.15) is 0 Å². The van der Waals surface area contributed by atoms with Crippen molar-refractivity contribution in [2.45, 2.75) is 0 Å². The smallest absolute Gasteiger partial charge is 0.265 e. The van der Waals surface area contributed by atoms with Gasteiger partial charge in [0.15, 0.2) is 0 Å². The van der Waals surface area contributed by atoms with E-state index in [0.29, 0.717) is 0 Å². The molecular formula is C25H14N2O. The normalized spacial score (nSPS) is 12.4. The van der Waals surface area contributed by atoms with Crippen molar-refractivity contribution in [1.29, 1.82) is 0 Å². The quantitative estimate of drug-likeness (QED) is 0.346. The predicted octanol–water partition coefficient (Wildman–Crippen LogP) is 5.60. The first kappa shape index (κ1) is 14.2. The van der Waals surface area contributed by atoms with Gasteiger partial charge in [0.25, 0.3) is 5.56 Å². The van der Waals surface area contributed by atoms with E-state index in [1.165, 1.54) is 5.39 Å². The highest BCUT2D eigenvalue weighted by Gasteiger charge is 2.19. The summed E-state index contributed by atoms with van der Waals surface area (Å²) in [6, 6.07) is 29.0. The van der Waals surface area contributed by atoms with Gasteiger partial charge < -0.3 is 4.40 Å². The lowest BCUT2D eigenvalue weighted by Crippen LogP contribution is -2.09. The van der Waals surface area contributed by atoms with E-state index >= 15 is 0 Å². The summed E-state index contributed by atoms with van der Waals surface area (Å²) in [6.45, 7) is 0. The largest absolute Gasteiger partial charge is 0.306 e. The van der Waals surface area contributed by atoms with Crippen LogP contribution >= 0.6 is 0 Å². The molecule has 0 radical (unpaired) electrons. The topological polar surface area (TPSA) is 25.9 Å². The van der Waals surface area contributed by atoms with Gasteiger partial charge in [-0.15, -0.1) is 0 Å². The van der Waals surface area contributed by atoms with Crippen LogP contribution in [-0.4, -0.2) is 8.80 Å². The Kier molecular flexibility index (Phi) is 2.39. The van der Waals surface area contributed by atoms with E-state index in [2.05, 4.69) is 59.0 Å². The third-order valence-electron chi connectivity index (χ3n) is 6.04. The monoisotopic (exact) mass is 358 g/mol. The molecule has 7 rings (SSSR count). The van der Waals surface area contributed by atoms with Crippen molar-refractivity contribution in [3.63, 3.8) is 0 Å². The lowest BCUT2D eigenvalue weighted by molar-refractivity contribution is 1.21. The molecule has 0 unspecified atom stereocenters. The molecule has 4 aromatic carbocycles. The zero-order valence-corrected chi connectivity index (χ0v) is 14.9. The Morgan fingerprint density at radius 3 is 1.68 bits per heavy atom. The van der Waals surface area contributed by atoms with E-state index in [0.717, 1.165) is 49.1 Å². The molecular weight excluding hydrogens is 344 g/mol. The minimum atomic E-state index is 0.0332. The fourth-order valence-electron chi connectivity index (χ4n) is 4.95. The molecule has 3 nitrogen and oxygen atoms in total. The molecule has 0 atom stereocenters. The van der Waals surface area contributed by atoms with Gasteiger partial charge in [0, 0.05) is 21.5 Å². The number of para-hydroxylation sites is 4. The fourth-order valence-corrected chi connectivity index (χ4v) is 4.95. The van der Waals surface area contributed by atoms with E-state index in [4.69, 9.17) is 0 Å². The predicted molar refractivity (Wildman–Crippen MR) is 116 cm³/mol. The minimum Gasteiger partial charge on any atom is -0.306 e. The van der Waals surface area contributed by atoms with Gasteiger partial charge in [-0.25, -0.2) is 0 Å². The molecule has 3 aromatic heterocycles. The summed E-state index contributed by atoms with van der Waals surface area (Å²) in [4.78, 5) is 13.8. The Morgan fingerprint density at radius 1 is 0.429 bits per heavy atom. The molecule has 3 heterocycles. The summed E-state index contributed by atoms with van der Waals surface area (Å²) in [5.74, 6) is 0. The summed E-state index contributed by atoms with van der Waals surface area (Å²) in [7, 11) is 0. The first-order valence-electron chi connectivity index (χ1n) is 9.44. The summed E-state index contributed by atoms with van der Waals surface area (Å²) < 4.78 is 4.17. The van der Waals surface area contributed by atoms with Gasteiger partial charge >= 0.3 is 0 Å². The molecule has 0 saturated heterocycles. The van der Waals surface area contributed by atoms with Crippen molar-refractivity contribution in [2.24, 2.45) is 0 Å². The zero-order valence-electron chi connectivity index (χ0n) is 14.9. The number of fused-ring (bicyclic) bond motifs is 7. The highest BCUT2D eigenvalue weighted by Crippen LogP contribution is 2.36. The van der Waals surface area contributed by atoms with Gasteiger partial charge in [-0.1, -0.05) is 60.7 Å². The van der Waals surface area contributed by atoms with Crippen LogP contribution in [0.4, 0.5) is 0 Å². The third kappa shape index (κ3) is 1.47. The first-order chi connectivity index (χ1) is 13.8. The van der Waals surface area contributed by atoms with Gasteiger partial charge in [-0.3, -0.25) is 9.20 Å². The number of rotatable bonds is 0. The Bertz CT molecular complexity index is 1790. The molecule has 28 heavy (non-hydrogen) atoms. The van der Waals surface area contributed by atoms with Gasteiger partial charge in [0.05, 0.1) is 33.0 Å². The summed E-state index contributed by atoms with van der Waals surface area (Å²) in [6.07, 6.45) is 0. The molecule has 0 N–H and O–H groups in total. The van der Waals surface area contributed by atoms with Crippen LogP contribution in [0, 0.1) is 0 Å². The summed E-state index contributed by atoms with van der Waals surface area (Å²) in [5.41, 5.74) is 5.15. The third-order valence-corrected chi connectivity index (χ3v) is 6.04. The van der Waals surface area contributed by atoms with Crippen LogP contribution in [0.3, 0.4) is 0 Å². The number of benzene rings is 4. The molecule has 130 valence electrons. The zero-order chi connectivity index (χ0) is 18.4. The van der Waals surface area contributed by atoms with E-state index in [1.807, 2.05) is 34.7 Å². The maximum absolute atomic E-state index is 13.8. The Balaban J connectivity index is 2.04. The molecule has 0 fully saturated rings. The average Bonchev–Trinajstić information content (AvgIpc) is 3.23. The highest BCUT2D eigenvalue weighted by atomic mass is 16.1. The fraction of sp³-hybridized carbons (Fsp3) is 0. The molecule has 7 aromatic rings. The Labute approximate surface area is 159 Å². The number of hydrogen-bond acceptors (Lipinski definition) is 1. The molecule has 0 aliphatic heterocycles. The Hall–Kier alpha value is -3.85. The lowest BCUT2D eigenvalue weighted by atomic mass is 10.1. The number of nitrogens with zero attached hydrogens (tertiary/aromatic N) is 2. The molecule has 0 aliphatic rings. The molecule has 0 bridgehead atoms. The number of aromatic nitrogens is 2. The lowest BCUT2D eigenvalue weighted by Gasteiger charge is -2.00. The van der Waals surface area contributed by atoms with E-state index in [9.17, 15) is 4.79 Å². The summed E-state index contributed by atoms with van der Waals surface area (Å²) >= 11 is 0. The second-order valence-corrected chi connectivity index (χ2v) is 7.39. The highest BCUT2D eigenvalue weighted by molar-refractivity contribution is 6.19. The maximum Gasteiger partial charge on any atom is 0.265 e. The second-order valence-electron chi connectivity index (χ2n) is 7.39. The number of hydrogen-bond donors (Lipinski definition) is 0. The van der Waals surface area contributed by atoms with Crippen LogP contribution in [0.15, 0.2) is 89.7 Å². The molecule has 3 heteroatoms. The van der Waals surface area contributed by atoms with Crippen molar-refractivity contribution in [1.82, 2.24) is 8.80 Å². The molecule has 0 amide bonds. The Morgan fingerprint density at radius 2 is 0.929 bits per heavy atom. The van der Waals surface area contributed by atoms with Gasteiger partial charge in [-0.05, 0) is 24.3 Å². The van der Waals surface area contributed by atoms with Crippen LogP contribution in [0.1, 0.15) is 0 Å². The van der Waals surface area contributed by atoms with Crippen molar-refractivity contribution in [2.75, 3.05) is 0 Å². The van der Waals surface area contributed by atoms with Crippen LogP contribution in [0.25, 0.3) is 54.5 Å². The van der Waals surface area contributed by atoms with Crippen LogP contribution in [0.2, 0.25) is 0 Å². The standard InChI is InChI=1S/C25H14N2O/c28-25-19-11-5-9-17-15-7-1-3-12-20(15)26(23(17)19)22-14-6-10-18-16-8-2-4-13-21(16)27(25)24(18)22/h1-14H. The molecule has 0 aliphatic carbocycles. The van der Waals surface area contributed by atoms with Crippen molar-refractivity contribution >= 4 is 54.5 Å². The average molecular weight is 358 g/mol. The van der Waals surface area contributed by atoms with E-state index in [-0.39, 0.29) is 5.56 Å². The van der Waals surface area contributed by atoms with E-state index < -0.39 is 0 Å². The second kappa shape index (κ2) is 4.70. The van der Waals surface area contributed by atoms with E-state index in [1.54, 1.807) is 0 Å². The van der Waals surface area contributed by atoms with Crippen molar-refractivity contribution < 1.29 is 0 Å². The minimum absolute atomic E-state index is 0.0332. The maximum atomic E-state index is 13.8. The van der Waals surface area contributed by atoms with Crippen LogP contribution < -0.4 is 5.56 Å². The van der Waals surface area contributed by atoms with Crippen molar-refractivity contribution in [3.05, 3.63) is 95.3 Å². The van der Waals surface area contributed by atoms with Gasteiger partial charge in [0.2, 0.25) is 0 Å².